The lowest BCUT2D eigenvalue weighted by atomic mass is 10.2. The van der Waals surface area contributed by atoms with Crippen molar-refractivity contribution < 1.29 is 9.18 Å². The standard InChI is InChI=1S/C14H20FN3OS/c1-3-16-13-12(15)11(6-7-17-13)14(19)18-9-4-5-10(8-9)20-2/h6-7,9-10H,3-5,8H2,1-2H3,(H,16,17)(H,18,19). The first-order chi connectivity index (χ1) is 9.65. The van der Waals surface area contributed by atoms with Crippen molar-refractivity contribution in [3.05, 3.63) is 23.6 Å². The highest BCUT2D eigenvalue weighted by Crippen LogP contribution is 2.28. The Bertz CT molecular complexity index is 483. The molecule has 2 rings (SSSR count). The van der Waals surface area contributed by atoms with Gasteiger partial charge in [-0.05, 0) is 38.5 Å². The first-order valence-corrected chi connectivity index (χ1v) is 8.16. The van der Waals surface area contributed by atoms with Crippen LogP contribution in [0, 0.1) is 5.82 Å². The Labute approximate surface area is 122 Å². The predicted octanol–water partition coefficient (Wildman–Crippen LogP) is 2.67. The molecule has 1 heterocycles. The third-order valence-corrected chi connectivity index (χ3v) is 4.63. The molecule has 1 aromatic heterocycles. The number of nitrogens with zero attached hydrogens (tertiary/aromatic N) is 1. The first-order valence-electron chi connectivity index (χ1n) is 6.87. The lowest BCUT2D eigenvalue weighted by Crippen LogP contribution is -2.33. The third-order valence-electron chi connectivity index (χ3n) is 3.53. The number of carbonyl (C=O) groups is 1. The fourth-order valence-corrected chi connectivity index (χ4v) is 3.25. The summed E-state index contributed by atoms with van der Waals surface area (Å²) >= 11 is 1.83. The van der Waals surface area contributed by atoms with Crippen LogP contribution in [-0.4, -0.2) is 35.0 Å². The van der Waals surface area contributed by atoms with E-state index in [1.807, 2.05) is 18.7 Å². The van der Waals surface area contributed by atoms with Gasteiger partial charge in [0.05, 0.1) is 5.56 Å². The van der Waals surface area contributed by atoms with E-state index < -0.39 is 5.82 Å². The zero-order valence-corrected chi connectivity index (χ0v) is 12.6. The largest absolute Gasteiger partial charge is 0.368 e. The van der Waals surface area contributed by atoms with Crippen LogP contribution in [0.25, 0.3) is 0 Å². The molecule has 1 fully saturated rings. The number of anilines is 1. The van der Waals surface area contributed by atoms with E-state index in [-0.39, 0.29) is 23.3 Å². The fraction of sp³-hybridized carbons (Fsp3) is 0.571. The molecule has 2 unspecified atom stereocenters. The van der Waals surface area contributed by atoms with Gasteiger partial charge in [-0.25, -0.2) is 9.37 Å². The molecule has 2 atom stereocenters. The van der Waals surface area contributed by atoms with E-state index in [1.54, 1.807) is 0 Å². The second kappa shape index (κ2) is 6.92. The maximum Gasteiger partial charge on any atom is 0.254 e. The van der Waals surface area contributed by atoms with E-state index in [0.29, 0.717) is 11.8 Å². The molecule has 110 valence electrons. The molecule has 1 aliphatic carbocycles. The molecule has 0 aromatic carbocycles. The highest BCUT2D eigenvalue weighted by Gasteiger charge is 2.26. The first kappa shape index (κ1) is 15.1. The van der Waals surface area contributed by atoms with E-state index in [1.165, 1.54) is 12.3 Å². The summed E-state index contributed by atoms with van der Waals surface area (Å²) in [7, 11) is 0. The van der Waals surface area contributed by atoms with Crippen molar-refractivity contribution in [2.45, 2.75) is 37.5 Å². The number of hydrogen-bond acceptors (Lipinski definition) is 4. The van der Waals surface area contributed by atoms with Gasteiger partial charge in [0.2, 0.25) is 0 Å². The van der Waals surface area contributed by atoms with Gasteiger partial charge in [-0.1, -0.05) is 0 Å². The lowest BCUT2D eigenvalue weighted by molar-refractivity contribution is 0.0934. The average Bonchev–Trinajstić information content (AvgIpc) is 2.89. The minimum absolute atomic E-state index is 0.0588. The Balaban J connectivity index is 2.04. The molecule has 4 nitrogen and oxygen atoms in total. The van der Waals surface area contributed by atoms with Gasteiger partial charge in [0.25, 0.3) is 5.91 Å². The predicted molar refractivity (Wildman–Crippen MR) is 80.8 cm³/mol. The van der Waals surface area contributed by atoms with Gasteiger partial charge in [-0.2, -0.15) is 11.8 Å². The summed E-state index contributed by atoms with van der Waals surface area (Å²) in [6, 6.07) is 1.57. The molecule has 1 saturated carbocycles. The van der Waals surface area contributed by atoms with E-state index in [4.69, 9.17) is 0 Å². The molecule has 20 heavy (non-hydrogen) atoms. The van der Waals surface area contributed by atoms with Gasteiger partial charge >= 0.3 is 0 Å². The van der Waals surface area contributed by atoms with Gasteiger partial charge in [0.1, 0.15) is 0 Å². The number of hydrogen-bond donors (Lipinski definition) is 2. The molecule has 0 saturated heterocycles. The smallest absolute Gasteiger partial charge is 0.254 e. The van der Waals surface area contributed by atoms with Crippen molar-refractivity contribution in [3.8, 4) is 0 Å². The third kappa shape index (κ3) is 3.42. The highest BCUT2D eigenvalue weighted by atomic mass is 32.2. The van der Waals surface area contributed by atoms with Gasteiger partial charge in [-0.3, -0.25) is 4.79 Å². The summed E-state index contributed by atoms with van der Waals surface area (Å²) < 4.78 is 14.1. The van der Waals surface area contributed by atoms with Crippen molar-refractivity contribution in [2.24, 2.45) is 0 Å². The number of aromatic nitrogens is 1. The van der Waals surface area contributed by atoms with Crippen molar-refractivity contribution in [1.29, 1.82) is 0 Å². The Hall–Kier alpha value is -1.30. The Morgan fingerprint density at radius 1 is 1.55 bits per heavy atom. The van der Waals surface area contributed by atoms with E-state index in [9.17, 15) is 9.18 Å². The summed E-state index contributed by atoms with van der Waals surface area (Å²) in [5.74, 6) is -0.796. The van der Waals surface area contributed by atoms with Crippen molar-refractivity contribution in [2.75, 3.05) is 18.1 Å². The second-order valence-electron chi connectivity index (χ2n) is 4.89. The molecule has 0 spiro atoms. The zero-order chi connectivity index (χ0) is 14.5. The quantitative estimate of drug-likeness (QED) is 0.877. The van der Waals surface area contributed by atoms with Gasteiger partial charge in [0, 0.05) is 24.0 Å². The van der Waals surface area contributed by atoms with Crippen LogP contribution in [0.3, 0.4) is 0 Å². The number of carbonyl (C=O) groups excluding carboxylic acids is 1. The van der Waals surface area contributed by atoms with Crippen LogP contribution in [0.2, 0.25) is 0 Å². The van der Waals surface area contributed by atoms with E-state index in [2.05, 4.69) is 21.9 Å². The summed E-state index contributed by atoms with van der Waals surface area (Å²) in [6.07, 6.45) is 6.56. The Morgan fingerprint density at radius 3 is 3.00 bits per heavy atom. The van der Waals surface area contributed by atoms with Crippen LogP contribution in [0.1, 0.15) is 36.5 Å². The molecule has 2 N–H and O–H groups in total. The fourth-order valence-electron chi connectivity index (χ4n) is 2.46. The molecular formula is C14H20FN3OS. The monoisotopic (exact) mass is 297 g/mol. The van der Waals surface area contributed by atoms with Crippen LogP contribution >= 0.6 is 11.8 Å². The summed E-state index contributed by atoms with van der Waals surface area (Å²) in [5.41, 5.74) is 0.0588. The number of nitrogens with one attached hydrogen (secondary N) is 2. The van der Waals surface area contributed by atoms with E-state index in [0.717, 1.165) is 19.3 Å². The lowest BCUT2D eigenvalue weighted by Gasteiger charge is -2.14. The Kier molecular flexibility index (Phi) is 5.23. The van der Waals surface area contributed by atoms with Crippen LogP contribution < -0.4 is 10.6 Å². The number of amides is 1. The summed E-state index contributed by atoms with van der Waals surface area (Å²) in [5, 5.41) is 6.33. The molecular weight excluding hydrogens is 277 g/mol. The van der Waals surface area contributed by atoms with Crippen molar-refractivity contribution >= 4 is 23.5 Å². The van der Waals surface area contributed by atoms with Crippen LogP contribution in [0.15, 0.2) is 12.3 Å². The summed E-state index contributed by atoms with van der Waals surface area (Å²) in [6.45, 7) is 2.42. The normalized spacial score (nSPS) is 21.8. The average molecular weight is 297 g/mol. The SMILES string of the molecule is CCNc1nccc(C(=O)NC2CCC(SC)C2)c1F. The number of thioether (sulfide) groups is 1. The van der Waals surface area contributed by atoms with Crippen molar-refractivity contribution in [1.82, 2.24) is 10.3 Å². The topological polar surface area (TPSA) is 54.0 Å². The number of halogens is 1. The van der Waals surface area contributed by atoms with Crippen LogP contribution in [-0.2, 0) is 0 Å². The molecule has 1 aliphatic rings. The van der Waals surface area contributed by atoms with Crippen LogP contribution in [0.5, 0.6) is 0 Å². The molecule has 0 aliphatic heterocycles. The van der Waals surface area contributed by atoms with Gasteiger partial charge in [0.15, 0.2) is 11.6 Å². The number of rotatable bonds is 5. The highest BCUT2D eigenvalue weighted by molar-refractivity contribution is 7.99. The molecule has 1 amide bonds. The maximum absolute atomic E-state index is 14.1. The molecule has 0 radical (unpaired) electrons. The minimum atomic E-state index is -0.578. The minimum Gasteiger partial charge on any atom is -0.368 e. The second-order valence-corrected chi connectivity index (χ2v) is 6.03. The van der Waals surface area contributed by atoms with Crippen molar-refractivity contribution in [3.63, 3.8) is 0 Å². The number of pyridine rings is 1. The summed E-state index contributed by atoms with van der Waals surface area (Å²) in [4.78, 5) is 16.1. The van der Waals surface area contributed by atoms with Gasteiger partial charge < -0.3 is 10.6 Å². The molecule has 0 bridgehead atoms. The Morgan fingerprint density at radius 2 is 2.35 bits per heavy atom. The van der Waals surface area contributed by atoms with E-state index >= 15 is 0 Å². The molecule has 1 aromatic rings. The maximum atomic E-state index is 14.1. The zero-order valence-electron chi connectivity index (χ0n) is 11.8. The molecule has 6 heteroatoms. The van der Waals surface area contributed by atoms with Gasteiger partial charge in [-0.15, -0.1) is 0 Å². The van der Waals surface area contributed by atoms with Crippen LogP contribution in [0.4, 0.5) is 10.2 Å².